The summed E-state index contributed by atoms with van der Waals surface area (Å²) in [5, 5.41) is 0. The van der Waals surface area contributed by atoms with Crippen molar-refractivity contribution in [3.05, 3.63) is 0 Å². The molecule has 0 aromatic rings. The molecule has 11 heavy (non-hydrogen) atoms. The van der Waals surface area contributed by atoms with E-state index in [1.54, 1.807) is 0 Å². The predicted molar refractivity (Wildman–Crippen MR) is 31.1 cm³/mol. The lowest BCUT2D eigenvalue weighted by Crippen LogP contribution is -2.13. The standard InChI is InChI=1S/C4H7O6P/c1-3(5)9-11(7,8)10-4(2)6/h1-2H3,(H,7,8)/p-1. The molecule has 0 spiro atoms. The first-order valence-electron chi connectivity index (χ1n) is 2.55. The number of carbonyl (C=O) groups excluding carboxylic acids is 2. The lowest BCUT2D eigenvalue weighted by atomic mass is 10.9. The van der Waals surface area contributed by atoms with Gasteiger partial charge in [0, 0.05) is 13.8 Å². The Labute approximate surface area is 62.7 Å². The average Bonchev–Trinajstić information content (AvgIpc) is 1.53. The molecule has 7 heteroatoms. The van der Waals surface area contributed by atoms with Crippen molar-refractivity contribution in [2.75, 3.05) is 0 Å². The van der Waals surface area contributed by atoms with E-state index in [2.05, 4.69) is 9.05 Å². The Balaban J connectivity index is 4.12. The fourth-order valence-corrected chi connectivity index (χ4v) is 1.00. The Kier molecular flexibility index (Phi) is 3.22. The minimum Gasteiger partial charge on any atom is -0.736 e. The first-order chi connectivity index (χ1) is 4.83. The summed E-state index contributed by atoms with van der Waals surface area (Å²) in [6.45, 7) is 1.77. The van der Waals surface area contributed by atoms with E-state index in [1.165, 1.54) is 0 Å². The van der Waals surface area contributed by atoms with Gasteiger partial charge in [-0.1, -0.05) is 0 Å². The molecule has 0 N–H and O–H groups in total. The highest BCUT2D eigenvalue weighted by molar-refractivity contribution is 7.47. The molecular weight excluding hydrogens is 175 g/mol. The summed E-state index contributed by atoms with van der Waals surface area (Å²) >= 11 is 0. The summed E-state index contributed by atoms with van der Waals surface area (Å²) in [5.41, 5.74) is 0. The summed E-state index contributed by atoms with van der Waals surface area (Å²) in [6.07, 6.45) is 0. The van der Waals surface area contributed by atoms with E-state index in [-0.39, 0.29) is 0 Å². The normalized spacial score (nSPS) is 10.5. The molecular formula is C4H6O6P-. The van der Waals surface area contributed by atoms with Crippen molar-refractivity contribution in [1.82, 2.24) is 0 Å². The molecule has 0 radical (unpaired) electrons. The third-order valence-corrected chi connectivity index (χ3v) is 1.44. The van der Waals surface area contributed by atoms with Crippen molar-refractivity contribution in [3.63, 3.8) is 0 Å². The second-order valence-electron chi connectivity index (χ2n) is 1.61. The fraction of sp³-hybridized carbons (Fsp3) is 0.500. The number of phosphoric acid groups is 1. The maximum atomic E-state index is 10.4. The van der Waals surface area contributed by atoms with Crippen molar-refractivity contribution in [3.8, 4) is 0 Å². The molecule has 0 aromatic heterocycles. The molecule has 0 aromatic carbocycles. The largest absolute Gasteiger partial charge is 0.736 e. The van der Waals surface area contributed by atoms with E-state index < -0.39 is 19.8 Å². The minimum absolute atomic E-state index is 0.883. The van der Waals surface area contributed by atoms with Gasteiger partial charge in [-0.15, -0.1) is 0 Å². The Bertz CT molecular complexity index is 201. The highest BCUT2D eigenvalue weighted by Crippen LogP contribution is 2.38. The van der Waals surface area contributed by atoms with E-state index in [0.717, 1.165) is 13.8 Å². The number of phosphoric ester groups is 1. The van der Waals surface area contributed by atoms with Crippen LogP contribution in [0.4, 0.5) is 0 Å². The maximum absolute atomic E-state index is 10.4. The van der Waals surface area contributed by atoms with Gasteiger partial charge in [0.05, 0.1) is 0 Å². The smallest absolute Gasteiger partial charge is 0.376 e. The van der Waals surface area contributed by atoms with Crippen molar-refractivity contribution in [2.24, 2.45) is 0 Å². The molecule has 0 aliphatic carbocycles. The molecule has 0 aliphatic heterocycles. The van der Waals surface area contributed by atoms with Crippen LogP contribution in [0.5, 0.6) is 0 Å². The van der Waals surface area contributed by atoms with E-state index >= 15 is 0 Å². The van der Waals surface area contributed by atoms with Crippen LogP contribution >= 0.6 is 7.82 Å². The number of rotatable bonds is 2. The van der Waals surface area contributed by atoms with Crippen LogP contribution in [0.3, 0.4) is 0 Å². The highest BCUT2D eigenvalue weighted by atomic mass is 31.2. The van der Waals surface area contributed by atoms with Crippen LogP contribution in [0.25, 0.3) is 0 Å². The van der Waals surface area contributed by atoms with Crippen LogP contribution in [0.15, 0.2) is 0 Å². The summed E-state index contributed by atoms with van der Waals surface area (Å²) in [6, 6.07) is 0. The monoisotopic (exact) mass is 181 g/mol. The molecule has 0 aliphatic rings. The van der Waals surface area contributed by atoms with E-state index in [0.29, 0.717) is 0 Å². The predicted octanol–water partition coefficient (Wildman–Crippen LogP) is -0.419. The topological polar surface area (TPSA) is 92.7 Å². The lowest BCUT2D eigenvalue weighted by molar-refractivity contribution is -0.223. The minimum atomic E-state index is -4.75. The van der Waals surface area contributed by atoms with Gasteiger partial charge in [0.25, 0.3) is 0 Å². The lowest BCUT2D eigenvalue weighted by Gasteiger charge is -2.19. The van der Waals surface area contributed by atoms with E-state index in [1.807, 2.05) is 0 Å². The van der Waals surface area contributed by atoms with Crippen LogP contribution in [-0.2, 0) is 23.2 Å². The van der Waals surface area contributed by atoms with Gasteiger partial charge in [0.15, 0.2) is 0 Å². The fourth-order valence-electron chi connectivity index (χ4n) is 0.334. The average molecular weight is 181 g/mol. The molecule has 0 saturated carbocycles. The summed E-state index contributed by atoms with van der Waals surface area (Å²) in [7, 11) is -4.75. The summed E-state index contributed by atoms with van der Waals surface area (Å²) in [4.78, 5) is 30.5. The zero-order valence-electron chi connectivity index (χ0n) is 5.90. The number of carbonyl (C=O) groups is 2. The van der Waals surface area contributed by atoms with Gasteiger partial charge >= 0.3 is 19.8 Å². The zero-order chi connectivity index (χ0) is 9.07. The third kappa shape index (κ3) is 5.57. The van der Waals surface area contributed by atoms with Crippen molar-refractivity contribution < 1.29 is 28.1 Å². The molecule has 0 saturated heterocycles. The number of hydrogen-bond donors (Lipinski definition) is 0. The van der Waals surface area contributed by atoms with E-state index in [4.69, 9.17) is 0 Å². The van der Waals surface area contributed by atoms with Gasteiger partial charge in [-0.2, -0.15) is 0 Å². The molecule has 0 fully saturated rings. The second kappa shape index (κ2) is 3.50. The quantitative estimate of drug-likeness (QED) is 0.537. The molecule has 0 bridgehead atoms. The molecule has 0 rings (SSSR count). The SMILES string of the molecule is CC(=O)OP(=O)([O-])OC(C)=O. The molecule has 6 nitrogen and oxygen atoms in total. The number of hydrogen-bond acceptors (Lipinski definition) is 6. The molecule has 64 valence electrons. The highest BCUT2D eigenvalue weighted by Gasteiger charge is 2.14. The zero-order valence-corrected chi connectivity index (χ0v) is 6.79. The maximum Gasteiger partial charge on any atom is 0.376 e. The van der Waals surface area contributed by atoms with Crippen LogP contribution < -0.4 is 4.89 Å². The van der Waals surface area contributed by atoms with E-state index in [9.17, 15) is 19.0 Å². The van der Waals surface area contributed by atoms with Crippen molar-refractivity contribution in [2.45, 2.75) is 13.8 Å². The summed E-state index contributed by atoms with van der Waals surface area (Å²) in [5.74, 6) is -2.10. The first kappa shape index (κ1) is 10.1. The van der Waals surface area contributed by atoms with Crippen LogP contribution in [0.2, 0.25) is 0 Å². The summed E-state index contributed by atoms with van der Waals surface area (Å²) < 4.78 is 17.7. The second-order valence-corrected chi connectivity index (χ2v) is 2.87. The van der Waals surface area contributed by atoms with Crippen LogP contribution in [0.1, 0.15) is 13.8 Å². The molecule has 0 amide bonds. The van der Waals surface area contributed by atoms with Crippen LogP contribution in [-0.4, -0.2) is 11.9 Å². The van der Waals surface area contributed by atoms with Crippen molar-refractivity contribution in [1.29, 1.82) is 0 Å². The van der Waals surface area contributed by atoms with Crippen LogP contribution in [0, 0.1) is 0 Å². The van der Waals surface area contributed by atoms with Gasteiger partial charge in [0.2, 0.25) is 0 Å². The first-order valence-corrected chi connectivity index (χ1v) is 4.01. The van der Waals surface area contributed by atoms with Gasteiger partial charge in [-0.25, -0.2) is 4.57 Å². The molecule has 0 heterocycles. The molecule has 0 unspecified atom stereocenters. The van der Waals surface area contributed by atoms with Gasteiger partial charge < -0.3 is 13.9 Å². The van der Waals surface area contributed by atoms with Crippen molar-refractivity contribution >= 4 is 19.8 Å². The Morgan fingerprint density at radius 3 is 1.64 bits per heavy atom. The van der Waals surface area contributed by atoms with Gasteiger partial charge in [0.1, 0.15) is 0 Å². The van der Waals surface area contributed by atoms with Gasteiger partial charge in [-0.3, -0.25) is 9.59 Å². The van der Waals surface area contributed by atoms with Gasteiger partial charge in [-0.05, 0) is 0 Å². The Morgan fingerprint density at radius 2 is 1.45 bits per heavy atom. The Hall–Kier alpha value is -0.870. The molecule has 0 atom stereocenters. The Morgan fingerprint density at radius 1 is 1.18 bits per heavy atom. The third-order valence-electron chi connectivity index (χ3n) is 0.481.